The predicted octanol–water partition coefficient (Wildman–Crippen LogP) is 3.33. The molecule has 0 aromatic heterocycles. The van der Waals surface area contributed by atoms with Gasteiger partial charge in [0.1, 0.15) is 17.9 Å². The maximum atomic E-state index is 12.5. The Labute approximate surface area is 180 Å². The topological polar surface area (TPSA) is 123 Å². The molecule has 0 spiro atoms. The fourth-order valence-corrected chi connectivity index (χ4v) is 2.42. The van der Waals surface area contributed by atoms with Gasteiger partial charge in [-0.3, -0.25) is 14.4 Å². The van der Waals surface area contributed by atoms with Gasteiger partial charge in [-0.1, -0.05) is 12.1 Å². The summed E-state index contributed by atoms with van der Waals surface area (Å²) in [4.78, 5) is 47.2. The highest BCUT2D eigenvalue weighted by atomic mass is 16.6. The van der Waals surface area contributed by atoms with Crippen molar-refractivity contribution in [1.82, 2.24) is 5.32 Å². The van der Waals surface area contributed by atoms with E-state index in [1.807, 2.05) is 0 Å². The second-order valence-electron chi connectivity index (χ2n) is 7.56. The quantitative estimate of drug-likeness (QED) is 0.480. The first-order valence-electron chi connectivity index (χ1n) is 9.48. The van der Waals surface area contributed by atoms with Gasteiger partial charge >= 0.3 is 12.1 Å². The Morgan fingerprint density at radius 1 is 0.903 bits per heavy atom. The summed E-state index contributed by atoms with van der Waals surface area (Å²) >= 11 is 0. The SMILES string of the molecule is CC(=O)Oc1cccc(C(=O)Nc2cccc(NC(=O)CNC(=O)OC(C)(C)C)c2)c1. The van der Waals surface area contributed by atoms with Gasteiger partial charge < -0.3 is 25.4 Å². The van der Waals surface area contributed by atoms with Crippen molar-refractivity contribution in [2.75, 3.05) is 17.2 Å². The monoisotopic (exact) mass is 427 g/mol. The molecule has 0 aliphatic rings. The normalized spacial score (nSPS) is 10.6. The molecular weight excluding hydrogens is 402 g/mol. The Hall–Kier alpha value is -3.88. The number of amides is 3. The van der Waals surface area contributed by atoms with Crippen molar-refractivity contribution < 1.29 is 28.7 Å². The summed E-state index contributed by atoms with van der Waals surface area (Å²) in [6.45, 7) is 6.17. The molecule has 0 fully saturated rings. The molecule has 0 aliphatic heterocycles. The van der Waals surface area contributed by atoms with Crippen molar-refractivity contribution in [2.45, 2.75) is 33.3 Å². The van der Waals surface area contributed by atoms with Crippen molar-refractivity contribution in [3.63, 3.8) is 0 Å². The van der Waals surface area contributed by atoms with Crippen LogP contribution in [0.3, 0.4) is 0 Å². The Balaban J connectivity index is 1.94. The van der Waals surface area contributed by atoms with E-state index in [0.29, 0.717) is 16.9 Å². The van der Waals surface area contributed by atoms with Gasteiger partial charge in [-0.2, -0.15) is 0 Å². The lowest BCUT2D eigenvalue weighted by molar-refractivity contribution is -0.131. The molecule has 3 N–H and O–H groups in total. The zero-order chi connectivity index (χ0) is 23.0. The summed E-state index contributed by atoms with van der Waals surface area (Å²) in [5.74, 6) is -1.09. The number of hydrogen-bond donors (Lipinski definition) is 3. The molecule has 3 amide bonds. The number of carbonyl (C=O) groups excluding carboxylic acids is 4. The largest absolute Gasteiger partial charge is 0.444 e. The third-order valence-electron chi connectivity index (χ3n) is 3.55. The summed E-state index contributed by atoms with van der Waals surface area (Å²) in [7, 11) is 0. The molecule has 9 nitrogen and oxygen atoms in total. The van der Waals surface area contributed by atoms with Crippen LogP contribution in [0, 0.1) is 0 Å². The standard InChI is InChI=1S/C22H25N3O6/c1-14(26)30-18-10-5-7-15(11-18)20(28)25-17-9-6-8-16(12-17)24-19(27)13-23-21(29)31-22(2,3)4/h5-12H,13H2,1-4H3,(H,23,29)(H,24,27)(H,25,28). The lowest BCUT2D eigenvalue weighted by Gasteiger charge is -2.19. The number of nitrogens with one attached hydrogen (secondary N) is 3. The maximum absolute atomic E-state index is 12.5. The fraction of sp³-hybridized carbons (Fsp3) is 0.273. The predicted molar refractivity (Wildman–Crippen MR) is 115 cm³/mol. The number of hydrogen-bond acceptors (Lipinski definition) is 6. The van der Waals surface area contributed by atoms with Gasteiger partial charge in [-0.15, -0.1) is 0 Å². The molecular formula is C22H25N3O6. The molecule has 0 atom stereocenters. The van der Waals surface area contributed by atoms with Crippen LogP contribution in [0.5, 0.6) is 5.75 Å². The van der Waals surface area contributed by atoms with Crippen LogP contribution in [-0.4, -0.2) is 36.0 Å². The van der Waals surface area contributed by atoms with Gasteiger partial charge in [-0.25, -0.2) is 4.79 Å². The fourth-order valence-electron chi connectivity index (χ4n) is 2.42. The minimum absolute atomic E-state index is 0.263. The number of anilines is 2. The van der Waals surface area contributed by atoms with Crippen LogP contribution in [0.2, 0.25) is 0 Å². The molecule has 0 aliphatic carbocycles. The molecule has 0 unspecified atom stereocenters. The van der Waals surface area contributed by atoms with E-state index in [4.69, 9.17) is 9.47 Å². The van der Waals surface area contributed by atoms with Crippen LogP contribution in [0.15, 0.2) is 48.5 Å². The van der Waals surface area contributed by atoms with Gasteiger partial charge in [0.2, 0.25) is 5.91 Å². The lowest BCUT2D eigenvalue weighted by Crippen LogP contribution is -2.37. The lowest BCUT2D eigenvalue weighted by atomic mass is 10.2. The maximum Gasteiger partial charge on any atom is 0.408 e. The molecule has 31 heavy (non-hydrogen) atoms. The van der Waals surface area contributed by atoms with E-state index >= 15 is 0 Å². The first kappa shape index (κ1) is 23.4. The number of alkyl carbamates (subject to hydrolysis) is 1. The minimum atomic E-state index is -0.695. The van der Waals surface area contributed by atoms with Crippen LogP contribution in [0.1, 0.15) is 38.1 Å². The average molecular weight is 427 g/mol. The summed E-state index contributed by atoms with van der Waals surface area (Å²) in [6, 6.07) is 12.7. The van der Waals surface area contributed by atoms with Gasteiger partial charge in [-0.05, 0) is 57.2 Å². The number of rotatable bonds is 6. The van der Waals surface area contributed by atoms with E-state index in [-0.39, 0.29) is 12.3 Å². The summed E-state index contributed by atoms with van der Waals surface area (Å²) in [5, 5.41) is 7.70. The number of ether oxygens (including phenoxy) is 2. The summed E-state index contributed by atoms with van der Waals surface area (Å²) < 4.78 is 10.0. The molecule has 2 rings (SSSR count). The van der Waals surface area contributed by atoms with Crippen molar-refractivity contribution >= 4 is 35.3 Å². The van der Waals surface area contributed by atoms with Crippen LogP contribution < -0.4 is 20.7 Å². The first-order valence-corrected chi connectivity index (χ1v) is 9.48. The van der Waals surface area contributed by atoms with E-state index < -0.39 is 29.5 Å². The van der Waals surface area contributed by atoms with Crippen LogP contribution >= 0.6 is 0 Å². The second kappa shape index (κ2) is 10.2. The highest BCUT2D eigenvalue weighted by Crippen LogP contribution is 2.18. The van der Waals surface area contributed by atoms with Crippen molar-refractivity contribution in [3.8, 4) is 5.75 Å². The van der Waals surface area contributed by atoms with E-state index in [0.717, 1.165) is 0 Å². The number of esters is 1. The van der Waals surface area contributed by atoms with Crippen molar-refractivity contribution in [2.24, 2.45) is 0 Å². The molecule has 0 heterocycles. The van der Waals surface area contributed by atoms with E-state index in [1.165, 1.54) is 13.0 Å². The second-order valence-corrected chi connectivity index (χ2v) is 7.56. The van der Waals surface area contributed by atoms with Gasteiger partial charge in [0.25, 0.3) is 5.91 Å². The zero-order valence-electron chi connectivity index (χ0n) is 17.8. The van der Waals surface area contributed by atoms with E-state index in [1.54, 1.807) is 63.2 Å². The Kier molecular flexibility index (Phi) is 7.73. The summed E-state index contributed by atoms with van der Waals surface area (Å²) in [6.07, 6.45) is -0.695. The first-order chi connectivity index (χ1) is 14.5. The van der Waals surface area contributed by atoms with E-state index in [9.17, 15) is 19.2 Å². The van der Waals surface area contributed by atoms with Crippen LogP contribution in [0.4, 0.5) is 16.2 Å². The highest BCUT2D eigenvalue weighted by molar-refractivity contribution is 6.05. The molecule has 2 aromatic rings. The molecule has 164 valence electrons. The van der Waals surface area contributed by atoms with Crippen molar-refractivity contribution in [3.05, 3.63) is 54.1 Å². The molecule has 0 radical (unpaired) electrons. The highest BCUT2D eigenvalue weighted by Gasteiger charge is 2.16. The molecule has 0 saturated heterocycles. The smallest absolute Gasteiger partial charge is 0.408 e. The minimum Gasteiger partial charge on any atom is -0.444 e. The third kappa shape index (κ3) is 8.57. The van der Waals surface area contributed by atoms with Crippen LogP contribution in [-0.2, 0) is 14.3 Å². The molecule has 9 heteroatoms. The van der Waals surface area contributed by atoms with Gasteiger partial charge in [0.15, 0.2) is 0 Å². The molecule has 0 saturated carbocycles. The Morgan fingerprint density at radius 2 is 1.55 bits per heavy atom. The van der Waals surface area contributed by atoms with Crippen LogP contribution in [0.25, 0.3) is 0 Å². The Morgan fingerprint density at radius 3 is 2.19 bits per heavy atom. The summed E-state index contributed by atoms with van der Waals surface area (Å²) in [5.41, 5.74) is 0.517. The third-order valence-corrected chi connectivity index (χ3v) is 3.55. The van der Waals surface area contributed by atoms with Crippen molar-refractivity contribution in [1.29, 1.82) is 0 Å². The van der Waals surface area contributed by atoms with Gasteiger partial charge in [0, 0.05) is 23.9 Å². The van der Waals surface area contributed by atoms with Gasteiger partial charge in [0.05, 0.1) is 0 Å². The zero-order valence-corrected chi connectivity index (χ0v) is 17.8. The molecule has 2 aromatic carbocycles. The average Bonchev–Trinajstić information content (AvgIpc) is 2.65. The number of benzene rings is 2. The Bertz CT molecular complexity index is 981. The molecule has 0 bridgehead atoms. The number of carbonyl (C=O) groups is 4. The van der Waals surface area contributed by atoms with E-state index in [2.05, 4.69) is 16.0 Å².